The lowest BCUT2D eigenvalue weighted by molar-refractivity contribution is 0.415. The molecular weight excluding hydrogens is 218 g/mol. The van der Waals surface area contributed by atoms with Gasteiger partial charge in [-0.25, -0.2) is 0 Å². The normalized spacial score (nSPS) is 10.1. The van der Waals surface area contributed by atoms with Crippen LogP contribution in [0.2, 0.25) is 0 Å². The van der Waals surface area contributed by atoms with Crippen molar-refractivity contribution in [2.45, 2.75) is 6.42 Å². The van der Waals surface area contributed by atoms with Gasteiger partial charge in [0.25, 0.3) is 0 Å². The van der Waals surface area contributed by atoms with Crippen molar-refractivity contribution in [1.29, 1.82) is 0 Å². The van der Waals surface area contributed by atoms with Gasteiger partial charge < -0.3 is 10.1 Å². The molecule has 1 aromatic carbocycles. The Labute approximate surface area is 99.9 Å². The number of benzene rings is 1. The van der Waals surface area contributed by atoms with Gasteiger partial charge in [-0.15, -0.1) is 11.3 Å². The monoisotopic (exact) mass is 233 g/mol. The first-order valence-electron chi connectivity index (χ1n) is 5.29. The number of methoxy groups -OCH3 is 1. The molecule has 2 nitrogen and oxygen atoms in total. The van der Waals surface area contributed by atoms with Gasteiger partial charge in [-0.05, 0) is 42.1 Å². The zero-order chi connectivity index (χ0) is 11.2. The van der Waals surface area contributed by atoms with E-state index in [1.807, 2.05) is 24.3 Å². The van der Waals surface area contributed by atoms with Gasteiger partial charge in [-0.2, -0.15) is 0 Å². The summed E-state index contributed by atoms with van der Waals surface area (Å²) in [4.78, 5) is 1.42. The molecule has 0 saturated carbocycles. The van der Waals surface area contributed by atoms with E-state index in [2.05, 4.69) is 22.8 Å². The van der Waals surface area contributed by atoms with E-state index in [4.69, 9.17) is 4.74 Å². The third-order valence-corrected chi connectivity index (χ3v) is 3.31. The highest BCUT2D eigenvalue weighted by Crippen LogP contribution is 2.15. The smallest absolute Gasteiger partial charge is 0.119 e. The largest absolute Gasteiger partial charge is 0.497 e. The maximum Gasteiger partial charge on any atom is 0.119 e. The van der Waals surface area contributed by atoms with Gasteiger partial charge in [0.05, 0.1) is 7.11 Å². The van der Waals surface area contributed by atoms with Crippen molar-refractivity contribution in [2.75, 3.05) is 19.0 Å². The highest BCUT2D eigenvalue weighted by Gasteiger charge is 1.95. The summed E-state index contributed by atoms with van der Waals surface area (Å²) in [5, 5.41) is 5.50. The van der Waals surface area contributed by atoms with E-state index >= 15 is 0 Å². The van der Waals surface area contributed by atoms with Crippen LogP contribution in [0.25, 0.3) is 0 Å². The lowest BCUT2D eigenvalue weighted by atomic mass is 10.3. The molecule has 1 N–H and O–H groups in total. The van der Waals surface area contributed by atoms with Crippen LogP contribution in [0.5, 0.6) is 5.75 Å². The summed E-state index contributed by atoms with van der Waals surface area (Å²) in [5.41, 5.74) is 1.14. The van der Waals surface area contributed by atoms with Crippen molar-refractivity contribution in [3.8, 4) is 5.75 Å². The molecule has 0 unspecified atom stereocenters. The first kappa shape index (κ1) is 11.0. The molecule has 0 bridgehead atoms. The van der Waals surface area contributed by atoms with Crippen LogP contribution in [0.15, 0.2) is 41.8 Å². The van der Waals surface area contributed by atoms with Crippen LogP contribution < -0.4 is 10.1 Å². The first-order valence-corrected chi connectivity index (χ1v) is 6.17. The molecule has 0 radical (unpaired) electrons. The molecule has 1 aromatic heterocycles. The summed E-state index contributed by atoms with van der Waals surface area (Å²) in [6.07, 6.45) is 1.07. The van der Waals surface area contributed by atoms with E-state index in [0.29, 0.717) is 0 Å². The second kappa shape index (κ2) is 5.56. The quantitative estimate of drug-likeness (QED) is 0.854. The lowest BCUT2D eigenvalue weighted by Crippen LogP contribution is -2.03. The van der Waals surface area contributed by atoms with E-state index in [9.17, 15) is 0 Å². The van der Waals surface area contributed by atoms with Crippen LogP contribution in [0.1, 0.15) is 4.88 Å². The zero-order valence-corrected chi connectivity index (χ0v) is 10.1. The zero-order valence-electron chi connectivity index (χ0n) is 9.27. The van der Waals surface area contributed by atoms with Gasteiger partial charge in [0, 0.05) is 17.1 Å². The number of rotatable bonds is 5. The Morgan fingerprint density at radius 2 is 2.00 bits per heavy atom. The Kier molecular flexibility index (Phi) is 3.83. The van der Waals surface area contributed by atoms with E-state index in [1.54, 1.807) is 18.4 Å². The number of thiophene rings is 1. The minimum Gasteiger partial charge on any atom is -0.497 e. The number of hydrogen-bond acceptors (Lipinski definition) is 3. The Hall–Kier alpha value is -1.48. The Morgan fingerprint density at radius 3 is 2.62 bits per heavy atom. The molecule has 0 atom stereocenters. The second-order valence-corrected chi connectivity index (χ2v) is 4.52. The van der Waals surface area contributed by atoms with Crippen molar-refractivity contribution in [2.24, 2.45) is 0 Å². The Balaban J connectivity index is 1.81. The molecule has 0 aliphatic rings. The fraction of sp³-hybridized carbons (Fsp3) is 0.231. The summed E-state index contributed by atoms with van der Waals surface area (Å²) in [7, 11) is 1.68. The molecular formula is C13H15NOS. The van der Waals surface area contributed by atoms with Crippen LogP contribution in [0, 0.1) is 0 Å². The van der Waals surface area contributed by atoms with Crippen LogP contribution in [-0.4, -0.2) is 13.7 Å². The number of anilines is 1. The molecule has 2 aromatic rings. The Morgan fingerprint density at radius 1 is 1.19 bits per heavy atom. The van der Waals surface area contributed by atoms with Crippen molar-refractivity contribution >= 4 is 17.0 Å². The molecule has 0 amide bonds. The van der Waals surface area contributed by atoms with Gasteiger partial charge in [0.2, 0.25) is 0 Å². The van der Waals surface area contributed by atoms with Gasteiger partial charge >= 0.3 is 0 Å². The molecule has 1 heterocycles. The van der Waals surface area contributed by atoms with Crippen molar-refractivity contribution in [3.63, 3.8) is 0 Å². The third-order valence-electron chi connectivity index (χ3n) is 2.37. The second-order valence-electron chi connectivity index (χ2n) is 3.48. The average Bonchev–Trinajstić information content (AvgIpc) is 2.83. The maximum atomic E-state index is 5.11. The van der Waals surface area contributed by atoms with Crippen LogP contribution >= 0.6 is 11.3 Å². The lowest BCUT2D eigenvalue weighted by Gasteiger charge is -2.06. The third kappa shape index (κ3) is 3.00. The fourth-order valence-electron chi connectivity index (χ4n) is 1.49. The van der Waals surface area contributed by atoms with Gasteiger partial charge in [0.15, 0.2) is 0 Å². The number of hydrogen-bond donors (Lipinski definition) is 1. The highest BCUT2D eigenvalue weighted by atomic mass is 32.1. The first-order chi connectivity index (χ1) is 7.88. The summed E-state index contributed by atoms with van der Waals surface area (Å²) < 4.78 is 5.11. The van der Waals surface area contributed by atoms with E-state index in [0.717, 1.165) is 24.4 Å². The summed E-state index contributed by atoms with van der Waals surface area (Å²) in [5.74, 6) is 0.892. The van der Waals surface area contributed by atoms with Crippen molar-refractivity contribution in [1.82, 2.24) is 0 Å². The predicted octanol–water partition coefficient (Wildman–Crippen LogP) is 3.41. The van der Waals surface area contributed by atoms with E-state index < -0.39 is 0 Å². The summed E-state index contributed by atoms with van der Waals surface area (Å²) >= 11 is 1.80. The summed E-state index contributed by atoms with van der Waals surface area (Å²) in [6, 6.07) is 12.3. The fourth-order valence-corrected chi connectivity index (χ4v) is 2.20. The van der Waals surface area contributed by atoms with Crippen molar-refractivity contribution < 1.29 is 4.74 Å². The van der Waals surface area contributed by atoms with Gasteiger partial charge in [0.1, 0.15) is 5.75 Å². The molecule has 0 aliphatic carbocycles. The van der Waals surface area contributed by atoms with Crippen molar-refractivity contribution in [3.05, 3.63) is 46.7 Å². The topological polar surface area (TPSA) is 21.3 Å². The number of nitrogens with one attached hydrogen (secondary N) is 1. The van der Waals surface area contributed by atoms with Crippen LogP contribution in [0.3, 0.4) is 0 Å². The summed E-state index contributed by atoms with van der Waals surface area (Å²) in [6.45, 7) is 0.965. The molecule has 0 spiro atoms. The highest BCUT2D eigenvalue weighted by molar-refractivity contribution is 7.09. The minimum absolute atomic E-state index is 0.892. The molecule has 2 rings (SSSR count). The van der Waals surface area contributed by atoms with Gasteiger partial charge in [-0.3, -0.25) is 0 Å². The SMILES string of the molecule is COc1ccc(NCCc2cccs2)cc1. The van der Waals surface area contributed by atoms with Crippen LogP contribution in [-0.2, 0) is 6.42 Å². The van der Waals surface area contributed by atoms with Crippen LogP contribution in [0.4, 0.5) is 5.69 Å². The number of ether oxygens (including phenoxy) is 1. The molecule has 0 aliphatic heterocycles. The van der Waals surface area contributed by atoms with E-state index in [-0.39, 0.29) is 0 Å². The van der Waals surface area contributed by atoms with Gasteiger partial charge in [-0.1, -0.05) is 6.07 Å². The van der Waals surface area contributed by atoms with E-state index in [1.165, 1.54) is 4.88 Å². The minimum atomic E-state index is 0.892. The Bertz CT molecular complexity index is 408. The molecule has 3 heteroatoms. The molecule has 0 fully saturated rings. The molecule has 16 heavy (non-hydrogen) atoms. The molecule has 84 valence electrons. The standard InChI is InChI=1S/C13H15NOS/c1-15-12-6-4-11(5-7-12)14-9-8-13-3-2-10-16-13/h2-7,10,14H,8-9H2,1H3. The predicted molar refractivity (Wildman–Crippen MR) is 69.5 cm³/mol. The average molecular weight is 233 g/mol. The molecule has 0 saturated heterocycles. The maximum absolute atomic E-state index is 5.11.